The summed E-state index contributed by atoms with van der Waals surface area (Å²) in [6, 6.07) is 11.2. The van der Waals surface area contributed by atoms with Crippen LogP contribution < -0.4 is 10.3 Å². The lowest BCUT2D eigenvalue weighted by atomic mass is 9.97. The summed E-state index contributed by atoms with van der Waals surface area (Å²) in [5.74, 6) is -2.61. The van der Waals surface area contributed by atoms with Gasteiger partial charge in [-0.2, -0.15) is 13.2 Å². The topological polar surface area (TPSA) is 81.4 Å². The van der Waals surface area contributed by atoms with Crippen LogP contribution >= 0.6 is 0 Å². The van der Waals surface area contributed by atoms with Crippen molar-refractivity contribution in [1.82, 2.24) is 9.55 Å². The number of halogens is 6. The van der Waals surface area contributed by atoms with Crippen molar-refractivity contribution >= 4 is 16.8 Å². The third kappa shape index (κ3) is 4.88. The highest BCUT2D eigenvalue weighted by molar-refractivity contribution is 6.04. The number of nitrogens with zero attached hydrogens (tertiary/aromatic N) is 2. The molecule has 36 heavy (non-hydrogen) atoms. The minimum absolute atomic E-state index is 0.119. The van der Waals surface area contributed by atoms with Crippen molar-refractivity contribution in [2.24, 2.45) is 0 Å². The third-order valence-electron chi connectivity index (χ3n) is 5.17. The Kier molecular flexibility index (Phi) is 6.21. The number of carbonyl (C=O) groups excluding carboxylic acids is 1. The van der Waals surface area contributed by atoms with Crippen molar-refractivity contribution < 1.29 is 41.0 Å². The van der Waals surface area contributed by atoms with E-state index < -0.39 is 58.5 Å². The Morgan fingerprint density at radius 1 is 0.972 bits per heavy atom. The van der Waals surface area contributed by atoms with Crippen molar-refractivity contribution in [2.45, 2.75) is 19.0 Å². The molecule has 0 aliphatic carbocycles. The zero-order chi connectivity index (χ0) is 26.3. The molecule has 2 aromatic heterocycles. The van der Waals surface area contributed by atoms with Gasteiger partial charge in [0.15, 0.2) is 11.4 Å². The van der Waals surface area contributed by atoms with Crippen LogP contribution in [-0.2, 0) is 12.6 Å². The van der Waals surface area contributed by atoms with Gasteiger partial charge in [-0.05, 0) is 35.9 Å². The van der Waals surface area contributed by atoms with Gasteiger partial charge in [0.25, 0.3) is 5.56 Å². The highest BCUT2D eigenvalue weighted by Gasteiger charge is 2.34. The number of Topliss-reactive ketones (excluding diaryl/α,β-unsaturated/α-hetero) is 1. The lowest BCUT2D eigenvalue weighted by Gasteiger charge is -2.16. The van der Waals surface area contributed by atoms with Crippen LogP contribution in [0.4, 0.5) is 26.3 Å². The lowest BCUT2D eigenvalue weighted by molar-refractivity contribution is -0.274. The third-order valence-corrected chi connectivity index (χ3v) is 5.17. The second-order valence-corrected chi connectivity index (χ2v) is 7.54. The van der Waals surface area contributed by atoms with Crippen LogP contribution in [-0.4, -0.2) is 26.8 Å². The van der Waals surface area contributed by atoms with E-state index in [1.54, 1.807) is 0 Å². The number of ketones is 1. The van der Waals surface area contributed by atoms with Crippen LogP contribution in [0.2, 0.25) is 0 Å². The average Bonchev–Trinajstić information content (AvgIpc) is 2.78. The van der Waals surface area contributed by atoms with Crippen molar-refractivity contribution in [1.29, 1.82) is 0 Å². The van der Waals surface area contributed by atoms with Gasteiger partial charge in [0.05, 0.1) is 16.6 Å². The zero-order valence-corrected chi connectivity index (χ0v) is 17.9. The van der Waals surface area contributed by atoms with Gasteiger partial charge in [0, 0.05) is 18.7 Å². The van der Waals surface area contributed by atoms with E-state index in [4.69, 9.17) is 0 Å². The summed E-state index contributed by atoms with van der Waals surface area (Å²) < 4.78 is 82.9. The summed E-state index contributed by atoms with van der Waals surface area (Å²) in [5, 5.41) is 10.6. The van der Waals surface area contributed by atoms with Crippen molar-refractivity contribution in [3.05, 3.63) is 93.9 Å². The van der Waals surface area contributed by atoms with E-state index in [0.29, 0.717) is 0 Å². The number of rotatable bonds is 5. The zero-order valence-electron chi connectivity index (χ0n) is 17.9. The van der Waals surface area contributed by atoms with Crippen LogP contribution in [0.25, 0.3) is 16.7 Å². The summed E-state index contributed by atoms with van der Waals surface area (Å²) >= 11 is 0. The Morgan fingerprint density at radius 2 is 1.69 bits per heavy atom. The van der Waals surface area contributed by atoms with Crippen LogP contribution in [0.15, 0.2) is 71.7 Å². The first-order valence-electron chi connectivity index (χ1n) is 10.1. The fraction of sp³-hybridized carbons (Fsp3) is 0.125. The van der Waals surface area contributed by atoms with E-state index in [-0.39, 0.29) is 16.7 Å². The first kappa shape index (κ1) is 24.8. The maximum absolute atomic E-state index is 13.4. The van der Waals surface area contributed by atoms with E-state index >= 15 is 0 Å². The number of benzene rings is 2. The van der Waals surface area contributed by atoms with Gasteiger partial charge in [-0.3, -0.25) is 14.2 Å². The average molecular weight is 508 g/mol. The number of hydrogen-bond donors (Lipinski definition) is 1. The second kappa shape index (κ2) is 9.02. The van der Waals surface area contributed by atoms with Crippen LogP contribution in [0.3, 0.4) is 0 Å². The largest absolute Gasteiger partial charge is 0.573 e. The molecule has 0 unspecified atom stereocenters. The fourth-order valence-electron chi connectivity index (χ4n) is 3.73. The highest BCUT2D eigenvalue weighted by atomic mass is 19.4. The molecule has 0 radical (unpaired) electrons. The molecule has 4 aromatic rings. The summed E-state index contributed by atoms with van der Waals surface area (Å²) in [5.41, 5.74) is -3.91. The Morgan fingerprint density at radius 3 is 2.39 bits per heavy atom. The number of pyridine rings is 2. The molecule has 6 nitrogen and oxygen atoms in total. The minimum atomic E-state index is -5.02. The fourth-order valence-corrected chi connectivity index (χ4v) is 3.73. The molecule has 0 fully saturated rings. The smallest absolute Gasteiger partial charge is 0.506 e. The molecule has 0 amide bonds. The summed E-state index contributed by atoms with van der Waals surface area (Å²) in [4.78, 5) is 30.4. The molecule has 0 saturated carbocycles. The summed E-state index contributed by atoms with van der Waals surface area (Å²) in [6.07, 6.45) is -9.42. The van der Waals surface area contributed by atoms with E-state index in [1.165, 1.54) is 30.5 Å². The van der Waals surface area contributed by atoms with Crippen molar-refractivity contribution in [2.75, 3.05) is 0 Å². The number of aromatic hydroxyl groups is 1. The molecule has 0 bridgehead atoms. The standard InChI is InChI=1S/C24H14F6N2O4/c25-23(26,27)17-9-2-1-5-13(17)11-18(33)19-20(34)16-8-4-10-31-21(16)32(22(19)35)14-6-3-7-15(12-14)36-24(28,29)30/h1-10,12,34H,11H2. The van der Waals surface area contributed by atoms with E-state index in [0.717, 1.165) is 41.0 Å². The van der Waals surface area contributed by atoms with Crippen LogP contribution in [0.5, 0.6) is 11.5 Å². The van der Waals surface area contributed by atoms with Crippen molar-refractivity contribution in [3.63, 3.8) is 0 Å². The van der Waals surface area contributed by atoms with Gasteiger partial charge in [-0.1, -0.05) is 24.3 Å². The van der Waals surface area contributed by atoms with Gasteiger partial charge >= 0.3 is 12.5 Å². The molecule has 0 aliphatic heterocycles. The number of hydrogen-bond acceptors (Lipinski definition) is 5. The molecule has 0 spiro atoms. The number of aromatic nitrogens is 2. The Balaban J connectivity index is 1.90. The number of alkyl halides is 6. The lowest BCUT2D eigenvalue weighted by Crippen LogP contribution is -2.27. The van der Waals surface area contributed by atoms with Crippen LogP contribution in [0.1, 0.15) is 21.5 Å². The van der Waals surface area contributed by atoms with Gasteiger partial charge in [-0.25, -0.2) is 4.98 Å². The Labute approximate surface area is 198 Å². The predicted octanol–water partition coefficient (Wildman–Crippen LogP) is 5.43. The van der Waals surface area contributed by atoms with Gasteiger partial charge < -0.3 is 9.84 Å². The molecule has 1 N–H and O–H groups in total. The number of carbonyl (C=O) groups is 1. The Bertz CT molecular complexity index is 1530. The van der Waals surface area contributed by atoms with E-state index in [9.17, 15) is 41.0 Å². The Hall–Kier alpha value is -4.35. The monoisotopic (exact) mass is 508 g/mol. The van der Waals surface area contributed by atoms with Crippen LogP contribution in [0, 0.1) is 0 Å². The number of fused-ring (bicyclic) bond motifs is 1. The molecule has 2 heterocycles. The maximum Gasteiger partial charge on any atom is 0.573 e. The molecule has 4 rings (SSSR count). The normalized spacial score (nSPS) is 12.1. The van der Waals surface area contributed by atoms with E-state index in [2.05, 4.69) is 9.72 Å². The molecule has 0 saturated heterocycles. The van der Waals surface area contributed by atoms with E-state index in [1.807, 2.05) is 0 Å². The van der Waals surface area contributed by atoms with Gasteiger partial charge in [0.1, 0.15) is 17.1 Å². The minimum Gasteiger partial charge on any atom is -0.506 e. The van der Waals surface area contributed by atoms with Crippen molar-refractivity contribution in [3.8, 4) is 17.2 Å². The van der Waals surface area contributed by atoms with Gasteiger partial charge in [0.2, 0.25) is 0 Å². The molecular formula is C24H14F6N2O4. The summed E-state index contributed by atoms with van der Waals surface area (Å²) in [7, 11) is 0. The predicted molar refractivity (Wildman–Crippen MR) is 115 cm³/mol. The SMILES string of the molecule is O=C(Cc1ccccc1C(F)(F)F)c1c(O)c2cccnc2n(-c2cccc(OC(F)(F)F)c2)c1=O. The highest BCUT2D eigenvalue weighted by Crippen LogP contribution is 2.34. The molecule has 186 valence electrons. The first-order chi connectivity index (χ1) is 16.9. The maximum atomic E-state index is 13.4. The molecule has 2 aromatic carbocycles. The summed E-state index contributed by atoms with van der Waals surface area (Å²) in [6.45, 7) is 0. The molecular weight excluding hydrogens is 494 g/mol. The van der Waals surface area contributed by atoms with Gasteiger partial charge in [-0.15, -0.1) is 13.2 Å². The second-order valence-electron chi connectivity index (χ2n) is 7.54. The molecule has 0 aliphatic rings. The first-order valence-corrected chi connectivity index (χ1v) is 10.1. The molecule has 0 atom stereocenters. The molecule has 12 heteroatoms. The number of ether oxygens (including phenoxy) is 1. The quantitative estimate of drug-likeness (QED) is 0.287.